The summed E-state index contributed by atoms with van der Waals surface area (Å²) in [4.78, 5) is 4.67. The van der Waals surface area contributed by atoms with Crippen molar-refractivity contribution >= 4 is 22.9 Å². The van der Waals surface area contributed by atoms with E-state index in [4.69, 9.17) is 14.2 Å². The molecule has 144 valence electrons. The fourth-order valence-electron chi connectivity index (χ4n) is 3.46. The van der Waals surface area contributed by atoms with E-state index in [-0.39, 0.29) is 0 Å². The van der Waals surface area contributed by atoms with Crippen molar-refractivity contribution < 1.29 is 14.2 Å². The Labute approximate surface area is 166 Å². The molecular formula is C24H25NO3. The zero-order chi connectivity index (χ0) is 20.3. The van der Waals surface area contributed by atoms with Crippen molar-refractivity contribution in [3.63, 3.8) is 0 Å². The largest absolute Gasteiger partial charge is 0.493 e. The lowest BCUT2D eigenvalue weighted by atomic mass is 9.95. The molecule has 0 N–H and O–H groups in total. The van der Waals surface area contributed by atoms with Crippen molar-refractivity contribution in [1.82, 2.24) is 4.98 Å². The number of aryl methyl sites for hydroxylation is 1. The van der Waals surface area contributed by atoms with E-state index >= 15 is 0 Å². The van der Waals surface area contributed by atoms with E-state index in [1.54, 1.807) is 21.3 Å². The molecule has 0 unspecified atom stereocenters. The van der Waals surface area contributed by atoms with Gasteiger partial charge in [0.2, 0.25) is 5.88 Å². The van der Waals surface area contributed by atoms with Crippen LogP contribution >= 0.6 is 0 Å². The fourth-order valence-corrected chi connectivity index (χ4v) is 3.46. The summed E-state index contributed by atoms with van der Waals surface area (Å²) in [6, 6.07) is 10.2. The quantitative estimate of drug-likeness (QED) is 0.551. The van der Waals surface area contributed by atoms with Gasteiger partial charge in [-0.15, -0.1) is 0 Å². The Morgan fingerprint density at radius 1 is 0.857 bits per heavy atom. The molecule has 0 aliphatic carbocycles. The van der Waals surface area contributed by atoms with Gasteiger partial charge in [-0.25, -0.2) is 4.98 Å². The number of ether oxygens (including phenoxy) is 3. The fraction of sp³-hybridized carbons (Fsp3) is 0.208. The molecule has 2 aromatic carbocycles. The van der Waals surface area contributed by atoms with E-state index in [1.807, 2.05) is 31.2 Å². The average Bonchev–Trinajstić information content (AvgIpc) is 2.74. The second-order valence-corrected chi connectivity index (χ2v) is 6.49. The van der Waals surface area contributed by atoms with Crippen LogP contribution < -0.4 is 14.2 Å². The van der Waals surface area contributed by atoms with Crippen molar-refractivity contribution in [2.24, 2.45) is 0 Å². The molecular weight excluding hydrogens is 350 g/mol. The van der Waals surface area contributed by atoms with Gasteiger partial charge in [0, 0.05) is 23.1 Å². The topological polar surface area (TPSA) is 40.6 Å². The Hall–Kier alpha value is -3.27. The summed E-state index contributed by atoms with van der Waals surface area (Å²) >= 11 is 0. The highest BCUT2D eigenvalue weighted by Crippen LogP contribution is 2.38. The molecule has 28 heavy (non-hydrogen) atoms. The Bertz CT molecular complexity index is 1050. The molecule has 0 spiro atoms. The van der Waals surface area contributed by atoms with Crippen LogP contribution in [0.1, 0.15) is 27.9 Å². The number of benzene rings is 2. The molecule has 4 nitrogen and oxygen atoms in total. The third-order valence-electron chi connectivity index (χ3n) is 4.93. The molecule has 0 atom stereocenters. The summed E-state index contributed by atoms with van der Waals surface area (Å²) in [5.41, 5.74) is 5.13. The van der Waals surface area contributed by atoms with Gasteiger partial charge in [-0.3, -0.25) is 0 Å². The standard InChI is InChI=1S/C24H25NO3/c1-7-17-10-9-16(11-18(17)8-2)12-21-20-14-23(27-5)22(26-4)13-19(20)15(3)25-24(21)28-6/h7-11,13-14H,1-2,12H2,3-6H3. The SMILES string of the molecule is C=Cc1ccc(Cc2c(OC)nc(C)c3cc(OC)c(OC)cc23)cc1C=C. The number of nitrogens with zero attached hydrogens (tertiary/aromatic N) is 1. The molecule has 1 heterocycles. The minimum Gasteiger partial charge on any atom is -0.493 e. The summed E-state index contributed by atoms with van der Waals surface area (Å²) < 4.78 is 16.6. The molecule has 0 bridgehead atoms. The van der Waals surface area contributed by atoms with E-state index in [0.29, 0.717) is 23.8 Å². The number of fused-ring (bicyclic) bond motifs is 1. The van der Waals surface area contributed by atoms with Crippen molar-refractivity contribution in [2.75, 3.05) is 21.3 Å². The monoisotopic (exact) mass is 375 g/mol. The maximum atomic E-state index is 5.62. The molecule has 0 aliphatic heterocycles. The predicted molar refractivity (Wildman–Crippen MR) is 116 cm³/mol. The third kappa shape index (κ3) is 3.46. The number of rotatable bonds is 7. The number of hydrogen-bond donors (Lipinski definition) is 0. The zero-order valence-electron chi connectivity index (χ0n) is 16.8. The van der Waals surface area contributed by atoms with E-state index in [9.17, 15) is 0 Å². The first kappa shape index (κ1) is 19.5. The Morgan fingerprint density at radius 3 is 2.07 bits per heavy atom. The molecule has 0 fully saturated rings. The maximum absolute atomic E-state index is 5.62. The molecule has 3 rings (SSSR count). The highest BCUT2D eigenvalue weighted by atomic mass is 16.5. The second-order valence-electron chi connectivity index (χ2n) is 6.49. The Balaban J connectivity index is 2.22. The average molecular weight is 375 g/mol. The van der Waals surface area contributed by atoms with Crippen LogP contribution in [0.3, 0.4) is 0 Å². The van der Waals surface area contributed by atoms with Gasteiger partial charge in [0.25, 0.3) is 0 Å². The van der Waals surface area contributed by atoms with Crippen LogP contribution in [-0.2, 0) is 6.42 Å². The summed E-state index contributed by atoms with van der Waals surface area (Å²) in [6.07, 6.45) is 4.35. The summed E-state index contributed by atoms with van der Waals surface area (Å²) in [6.45, 7) is 9.74. The molecule has 0 saturated heterocycles. The van der Waals surface area contributed by atoms with Gasteiger partial charge in [-0.1, -0.05) is 43.5 Å². The van der Waals surface area contributed by atoms with Crippen molar-refractivity contribution in [3.05, 3.63) is 71.4 Å². The van der Waals surface area contributed by atoms with Crippen molar-refractivity contribution in [3.8, 4) is 17.4 Å². The highest BCUT2D eigenvalue weighted by Gasteiger charge is 2.17. The molecule has 1 aromatic heterocycles. The number of aromatic nitrogens is 1. The van der Waals surface area contributed by atoms with Gasteiger partial charge < -0.3 is 14.2 Å². The highest BCUT2D eigenvalue weighted by molar-refractivity contribution is 5.92. The van der Waals surface area contributed by atoms with Gasteiger partial charge in [-0.2, -0.15) is 0 Å². The van der Waals surface area contributed by atoms with E-state index in [1.165, 1.54) is 0 Å². The summed E-state index contributed by atoms with van der Waals surface area (Å²) in [5, 5.41) is 2.05. The van der Waals surface area contributed by atoms with Gasteiger partial charge in [0.05, 0.1) is 21.3 Å². The Morgan fingerprint density at radius 2 is 1.50 bits per heavy atom. The smallest absolute Gasteiger partial charge is 0.217 e. The van der Waals surface area contributed by atoms with Crippen LogP contribution in [0.15, 0.2) is 43.5 Å². The molecule has 3 aromatic rings. The first-order chi connectivity index (χ1) is 13.6. The number of hydrogen-bond acceptors (Lipinski definition) is 4. The number of methoxy groups -OCH3 is 3. The van der Waals surface area contributed by atoms with Crippen LogP contribution in [-0.4, -0.2) is 26.3 Å². The number of pyridine rings is 1. The third-order valence-corrected chi connectivity index (χ3v) is 4.93. The van der Waals surface area contributed by atoms with Crippen molar-refractivity contribution in [1.29, 1.82) is 0 Å². The van der Waals surface area contributed by atoms with Crippen molar-refractivity contribution in [2.45, 2.75) is 13.3 Å². The van der Waals surface area contributed by atoms with Gasteiger partial charge in [0.15, 0.2) is 11.5 Å². The predicted octanol–water partition coefficient (Wildman–Crippen LogP) is 5.45. The normalized spacial score (nSPS) is 10.6. The molecule has 0 radical (unpaired) electrons. The zero-order valence-corrected chi connectivity index (χ0v) is 16.8. The van der Waals surface area contributed by atoms with Crippen LogP contribution in [0.4, 0.5) is 0 Å². The van der Waals surface area contributed by atoms with Gasteiger partial charge in [-0.05, 0) is 41.1 Å². The maximum Gasteiger partial charge on any atom is 0.217 e. The minimum absolute atomic E-state index is 0.616. The van der Waals surface area contributed by atoms with Crippen LogP contribution in [0.2, 0.25) is 0 Å². The van der Waals surface area contributed by atoms with E-state index in [2.05, 4.69) is 36.3 Å². The first-order valence-electron chi connectivity index (χ1n) is 9.03. The molecule has 0 saturated carbocycles. The summed E-state index contributed by atoms with van der Waals surface area (Å²) in [5.74, 6) is 1.98. The summed E-state index contributed by atoms with van der Waals surface area (Å²) in [7, 11) is 4.92. The van der Waals surface area contributed by atoms with Crippen LogP contribution in [0.5, 0.6) is 17.4 Å². The molecule has 4 heteroatoms. The van der Waals surface area contributed by atoms with Gasteiger partial charge in [0.1, 0.15) is 0 Å². The van der Waals surface area contributed by atoms with E-state index < -0.39 is 0 Å². The van der Waals surface area contributed by atoms with E-state index in [0.717, 1.165) is 38.7 Å². The molecule has 0 aliphatic rings. The van der Waals surface area contributed by atoms with Crippen LogP contribution in [0, 0.1) is 6.92 Å². The lowest BCUT2D eigenvalue weighted by Crippen LogP contribution is -2.02. The lowest BCUT2D eigenvalue weighted by molar-refractivity contribution is 0.355. The second kappa shape index (κ2) is 8.17. The Kier molecular flexibility index (Phi) is 5.69. The first-order valence-corrected chi connectivity index (χ1v) is 9.03. The minimum atomic E-state index is 0.616. The van der Waals surface area contributed by atoms with Crippen LogP contribution in [0.25, 0.3) is 22.9 Å². The van der Waals surface area contributed by atoms with Gasteiger partial charge >= 0.3 is 0 Å². The lowest BCUT2D eigenvalue weighted by Gasteiger charge is -2.16. The molecule has 0 amide bonds.